The number of benzene rings is 8. The molecule has 0 aliphatic rings. The molecule has 8 aromatic rings. The van der Waals surface area contributed by atoms with Crippen LogP contribution in [0.4, 0.5) is 17.1 Å². The van der Waals surface area contributed by atoms with E-state index in [2.05, 4.69) is 199 Å². The standard InChI is InChI=1S/C15H18.3C14H17N/c1-11-5-6-13-10-14(15(2,3)4)8-7-12(13)9-11;1-14(2,3)12-6-4-10-5-7-13(15)9-11(10)8-12;1-14(2,3)11-8-7-10-5-4-6-13(15)12(10)9-11;1-14(2,3)12-9-8-10-6-4-5-7-11(10)13(12)15/h5-10H,1-4H3;3*4-9H,15H2,1-3H3. The summed E-state index contributed by atoms with van der Waals surface area (Å²) in [5.74, 6) is 0. The number of nitrogens with two attached hydrogens (primary N) is 3. The lowest BCUT2D eigenvalue weighted by atomic mass is 9.84. The van der Waals surface area contributed by atoms with Gasteiger partial charge in [-0.25, -0.2) is 0 Å². The summed E-state index contributed by atoms with van der Waals surface area (Å²) in [6.07, 6.45) is 0. The Hall–Kier alpha value is -5.80. The molecule has 0 bridgehead atoms. The molecule has 0 saturated carbocycles. The van der Waals surface area contributed by atoms with Crippen LogP contribution < -0.4 is 17.2 Å². The second-order valence-electron chi connectivity index (χ2n) is 20.4. The third-order valence-electron chi connectivity index (χ3n) is 11.2. The van der Waals surface area contributed by atoms with Gasteiger partial charge in [0, 0.05) is 27.8 Å². The highest BCUT2D eigenvalue weighted by Gasteiger charge is 2.18. The molecule has 0 unspecified atom stereocenters. The first-order valence-electron chi connectivity index (χ1n) is 21.3. The van der Waals surface area contributed by atoms with Crippen molar-refractivity contribution in [1.82, 2.24) is 0 Å². The van der Waals surface area contributed by atoms with Crippen LogP contribution in [-0.4, -0.2) is 0 Å². The molecule has 312 valence electrons. The van der Waals surface area contributed by atoms with Gasteiger partial charge in [-0.05, 0) is 107 Å². The summed E-state index contributed by atoms with van der Waals surface area (Å²) in [6, 6.07) is 51.1. The zero-order valence-electron chi connectivity index (χ0n) is 38.6. The van der Waals surface area contributed by atoms with E-state index in [9.17, 15) is 0 Å². The molecule has 0 amide bonds. The van der Waals surface area contributed by atoms with Crippen LogP contribution in [0.5, 0.6) is 0 Å². The summed E-state index contributed by atoms with van der Waals surface area (Å²) < 4.78 is 0. The largest absolute Gasteiger partial charge is 0.399 e. The van der Waals surface area contributed by atoms with Crippen LogP contribution in [0, 0.1) is 6.92 Å². The molecule has 8 rings (SSSR count). The van der Waals surface area contributed by atoms with Crippen molar-refractivity contribution in [3.8, 4) is 0 Å². The van der Waals surface area contributed by atoms with E-state index in [-0.39, 0.29) is 21.7 Å². The Morgan fingerprint density at radius 2 is 0.800 bits per heavy atom. The van der Waals surface area contributed by atoms with E-state index in [0.717, 1.165) is 27.8 Å². The Labute approximate surface area is 361 Å². The first kappa shape index (κ1) is 45.3. The molecule has 0 heterocycles. The van der Waals surface area contributed by atoms with Gasteiger partial charge in [0.1, 0.15) is 0 Å². The average molecular weight is 796 g/mol. The molecule has 0 fully saturated rings. The third kappa shape index (κ3) is 11.5. The van der Waals surface area contributed by atoms with Gasteiger partial charge in [0.15, 0.2) is 0 Å². The molecule has 0 aliphatic carbocycles. The molecule has 0 atom stereocenters. The van der Waals surface area contributed by atoms with Gasteiger partial charge in [0.05, 0.1) is 0 Å². The molecule has 3 nitrogen and oxygen atoms in total. The second-order valence-corrected chi connectivity index (χ2v) is 20.4. The predicted octanol–water partition coefficient (Wildman–Crippen LogP) is 15.6. The van der Waals surface area contributed by atoms with Crippen LogP contribution in [0.3, 0.4) is 0 Å². The smallest absolute Gasteiger partial charge is 0.0431 e. The third-order valence-corrected chi connectivity index (χ3v) is 11.2. The van der Waals surface area contributed by atoms with Gasteiger partial charge < -0.3 is 17.2 Å². The van der Waals surface area contributed by atoms with Crippen molar-refractivity contribution >= 4 is 60.2 Å². The summed E-state index contributed by atoms with van der Waals surface area (Å²) in [7, 11) is 0. The quantitative estimate of drug-likeness (QED) is 0.134. The molecule has 3 heteroatoms. The maximum absolute atomic E-state index is 6.21. The van der Waals surface area contributed by atoms with Crippen LogP contribution in [0.25, 0.3) is 43.1 Å². The van der Waals surface area contributed by atoms with Crippen molar-refractivity contribution in [2.75, 3.05) is 17.2 Å². The molecule has 0 spiro atoms. The van der Waals surface area contributed by atoms with Gasteiger partial charge in [0.2, 0.25) is 0 Å². The van der Waals surface area contributed by atoms with E-state index in [1.165, 1.54) is 60.1 Å². The molecule has 0 aromatic heterocycles. The lowest BCUT2D eigenvalue weighted by Gasteiger charge is -2.22. The average Bonchev–Trinajstić information content (AvgIpc) is 3.17. The molecular weight excluding hydrogens is 727 g/mol. The van der Waals surface area contributed by atoms with Gasteiger partial charge in [0.25, 0.3) is 0 Å². The summed E-state index contributed by atoms with van der Waals surface area (Å²) >= 11 is 0. The minimum Gasteiger partial charge on any atom is -0.399 e. The van der Waals surface area contributed by atoms with E-state index in [1.807, 2.05) is 36.4 Å². The van der Waals surface area contributed by atoms with Crippen molar-refractivity contribution in [3.63, 3.8) is 0 Å². The topological polar surface area (TPSA) is 78.1 Å². The van der Waals surface area contributed by atoms with Crippen LogP contribution in [0.15, 0.2) is 146 Å². The van der Waals surface area contributed by atoms with Crippen molar-refractivity contribution in [1.29, 1.82) is 0 Å². The SMILES string of the molecule is CC(C)(C)c1ccc2ccc(N)cc2c1.CC(C)(C)c1ccc2cccc(N)c2c1.CC(C)(C)c1ccc2ccccc2c1N.Cc1ccc2cc(C(C)(C)C)ccc2c1. The minimum absolute atomic E-state index is 0.105. The Kier molecular flexibility index (Phi) is 13.4. The molecule has 0 radical (unpaired) electrons. The lowest BCUT2D eigenvalue weighted by molar-refractivity contribution is 0.591. The fraction of sp³-hybridized carbons (Fsp3) is 0.298. The van der Waals surface area contributed by atoms with Gasteiger partial charge in [-0.2, -0.15) is 0 Å². The Balaban J connectivity index is 0.000000152. The monoisotopic (exact) mass is 796 g/mol. The summed E-state index contributed by atoms with van der Waals surface area (Å²) in [6.45, 7) is 28.8. The molecule has 0 saturated heterocycles. The zero-order chi connectivity index (χ0) is 44.2. The lowest BCUT2D eigenvalue weighted by Crippen LogP contribution is -2.13. The highest BCUT2D eigenvalue weighted by atomic mass is 14.6. The molecule has 6 N–H and O–H groups in total. The van der Waals surface area contributed by atoms with Gasteiger partial charge in [-0.1, -0.05) is 210 Å². The minimum atomic E-state index is 0.105. The van der Waals surface area contributed by atoms with Crippen LogP contribution in [0.1, 0.15) is 111 Å². The number of fused-ring (bicyclic) bond motifs is 4. The number of hydrogen-bond donors (Lipinski definition) is 3. The normalized spacial score (nSPS) is 11.9. The van der Waals surface area contributed by atoms with Crippen LogP contribution in [0.2, 0.25) is 0 Å². The Morgan fingerprint density at radius 1 is 0.333 bits per heavy atom. The fourth-order valence-electron chi connectivity index (χ4n) is 7.28. The molecule has 60 heavy (non-hydrogen) atoms. The van der Waals surface area contributed by atoms with E-state index in [4.69, 9.17) is 17.2 Å². The molecule has 0 aliphatic heterocycles. The highest BCUT2D eigenvalue weighted by Crippen LogP contribution is 2.34. The van der Waals surface area contributed by atoms with Crippen LogP contribution in [-0.2, 0) is 21.7 Å². The Morgan fingerprint density at radius 3 is 1.42 bits per heavy atom. The maximum Gasteiger partial charge on any atom is 0.0431 e. The fourth-order valence-corrected chi connectivity index (χ4v) is 7.28. The zero-order valence-corrected chi connectivity index (χ0v) is 38.6. The van der Waals surface area contributed by atoms with E-state index >= 15 is 0 Å². The van der Waals surface area contributed by atoms with Gasteiger partial charge in [-0.15, -0.1) is 0 Å². The van der Waals surface area contributed by atoms with E-state index in [1.54, 1.807) is 0 Å². The number of anilines is 3. The summed E-state index contributed by atoms with van der Waals surface area (Å²) in [4.78, 5) is 0. The molecular formula is C57H69N3. The van der Waals surface area contributed by atoms with Gasteiger partial charge >= 0.3 is 0 Å². The predicted molar refractivity (Wildman–Crippen MR) is 269 cm³/mol. The van der Waals surface area contributed by atoms with Crippen molar-refractivity contribution in [3.05, 3.63) is 173 Å². The van der Waals surface area contributed by atoms with Crippen molar-refractivity contribution in [2.45, 2.75) is 112 Å². The number of aryl methyl sites for hydroxylation is 1. The molecule has 8 aromatic carbocycles. The van der Waals surface area contributed by atoms with E-state index < -0.39 is 0 Å². The summed E-state index contributed by atoms with van der Waals surface area (Å²) in [5.41, 5.74) is 27.9. The Bertz CT molecular complexity index is 2700. The first-order chi connectivity index (χ1) is 27.9. The first-order valence-corrected chi connectivity index (χ1v) is 21.3. The number of rotatable bonds is 0. The second kappa shape index (κ2) is 17.8. The van der Waals surface area contributed by atoms with Crippen LogP contribution >= 0.6 is 0 Å². The van der Waals surface area contributed by atoms with Gasteiger partial charge in [-0.3, -0.25) is 0 Å². The van der Waals surface area contributed by atoms with Crippen molar-refractivity contribution in [2.24, 2.45) is 0 Å². The number of nitrogen functional groups attached to an aromatic ring is 3. The van der Waals surface area contributed by atoms with Crippen molar-refractivity contribution < 1.29 is 0 Å². The highest BCUT2D eigenvalue weighted by molar-refractivity contribution is 5.95. The number of hydrogen-bond acceptors (Lipinski definition) is 3. The van der Waals surface area contributed by atoms with E-state index in [0.29, 0.717) is 0 Å². The summed E-state index contributed by atoms with van der Waals surface area (Å²) in [5, 5.41) is 9.89. The maximum atomic E-state index is 6.21.